The van der Waals surface area contributed by atoms with E-state index in [2.05, 4.69) is 20.1 Å². The summed E-state index contributed by atoms with van der Waals surface area (Å²) in [4.78, 5) is 12.8. The third-order valence-electron chi connectivity index (χ3n) is 6.52. The van der Waals surface area contributed by atoms with Gasteiger partial charge in [-0.1, -0.05) is 24.3 Å². The Kier molecular flexibility index (Phi) is 6.95. The number of rotatable bonds is 5. The van der Waals surface area contributed by atoms with Crippen molar-refractivity contribution in [3.63, 3.8) is 0 Å². The van der Waals surface area contributed by atoms with E-state index in [0.717, 1.165) is 23.9 Å². The zero-order chi connectivity index (χ0) is 28.1. The van der Waals surface area contributed by atoms with Crippen LogP contribution in [0.2, 0.25) is 5.28 Å². The molecule has 39 heavy (non-hydrogen) atoms. The predicted octanol–water partition coefficient (Wildman–Crippen LogP) is 6.34. The fraction of sp³-hybridized carbons (Fsp3) is 0.417. The maximum atomic E-state index is 14.5. The first-order valence-electron chi connectivity index (χ1n) is 11.9. The number of aromatic nitrogens is 6. The average molecular weight is 574 g/mol. The standard InChI is InChI=1S/C24H22ClF6N7O/c1-36-12-16(23(26,27)28)33-19(36)14-8-6-13(7-9-14)18(24(29,30)31)37(2)20-15-11-32-38(17-5-3-4-10-39-17)21(15)35-22(25)34-20/h6-9,11-12,17-18H,3-5,10H2,1-2H3/t17?,18-/m0/s1. The summed E-state index contributed by atoms with van der Waals surface area (Å²) in [6, 6.07) is 2.83. The van der Waals surface area contributed by atoms with E-state index in [4.69, 9.17) is 16.3 Å². The van der Waals surface area contributed by atoms with Gasteiger partial charge in [-0.2, -0.15) is 41.4 Å². The first kappa shape index (κ1) is 27.2. The molecule has 4 heterocycles. The molecule has 0 amide bonds. The van der Waals surface area contributed by atoms with E-state index in [1.54, 1.807) is 0 Å². The smallest absolute Gasteiger partial charge is 0.356 e. The van der Waals surface area contributed by atoms with E-state index >= 15 is 0 Å². The van der Waals surface area contributed by atoms with Crippen molar-refractivity contribution in [3.05, 3.63) is 53.2 Å². The Morgan fingerprint density at radius 3 is 2.36 bits per heavy atom. The van der Waals surface area contributed by atoms with Crippen molar-refractivity contribution in [3.8, 4) is 11.4 Å². The molecule has 0 spiro atoms. The van der Waals surface area contributed by atoms with E-state index in [9.17, 15) is 26.3 Å². The van der Waals surface area contributed by atoms with Crippen LogP contribution in [0.25, 0.3) is 22.4 Å². The lowest BCUT2D eigenvalue weighted by molar-refractivity contribution is -0.149. The molecule has 0 N–H and O–H groups in total. The van der Waals surface area contributed by atoms with Gasteiger partial charge < -0.3 is 14.2 Å². The normalized spacial score (nSPS) is 17.5. The second kappa shape index (κ2) is 9.97. The van der Waals surface area contributed by atoms with Crippen LogP contribution >= 0.6 is 11.6 Å². The maximum Gasteiger partial charge on any atom is 0.434 e. The molecule has 0 bridgehead atoms. The minimum Gasteiger partial charge on any atom is -0.356 e. The fourth-order valence-corrected chi connectivity index (χ4v) is 4.88. The Bertz CT molecular complexity index is 1480. The Morgan fingerprint density at radius 2 is 1.77 bits per heavy atom. The van der Waals surface area contributed by atoms with Crippen LogP contribution in [-0.4, -0.2) is 49.1 Å². The highest BCUT2D eigenvalue weighted by Gasteiger charge is 2.45. The van der Waals surface area contributed by atoms with Gasteiger partial charge in [0.1, 0.15) is 11.6 Å². The average Bonchev–Trinajstić information content (AvgIpc) is 3.47. The van der Waals surface area contributed by atoms with Gasteiger partial charge in [0.05, 0.1) is 11.6 Å². The summed E-state index contributed by atoms with van der Waals surface area (Å²) in [7, 11) is 2.60. The highest BCUT2D eigenvalue weighted by molar-refractivity contribution is 6.28. The Balaban J connectivity index is 1.52. The predicted molar refractivity (Wildman–Crippen MR) is 130 cm³/mol. The summed E-state index contributed by atoms with van der Waals surface area (Å²) in [5.74, 6) is -0.121. The van der Waals surface area contributed by atoms with Crippen LogP contribution in [0.3, 0.4) is 0 Å². The number of nitrogens with zero attached hydrogens (tertiary/aromatic N) is 7. The summed E-state index contributed by atoms with van der Waals surface area (Å²) >= 11 is 6.14. The minimum atomic E-state index is -4.75. The molecule has 1 saturated heterocycles. The van der Waals surface area contributed by atoms with Gasteiger partial charge in [-0.05, 0) is 36.4 Å². The van der Waals surface area contributed by atoms with Crippen LogP contribution in [-0.2, 0) is 18.0 Å². The molecule has 1 aliphatic rings. The molecule has 1 aromatic carbocycles. The SMILES string of the molecule is CN(c1nc(Cl)nc2c1cnn2C1CCCCO1)[C@@H](c1ccc(-c2nc(C(F)(F)F)cn2C)cc1)C(F)(F)F. The monoisotopic (exact) mass is 573 g/mol. The second-order valence-corrected chi connectivity index (χ2v) is 9.54. The molecule has 2 atom stereocenters. The third kappa shape index (κ3) is 5.26. The molecule has 1 aliphatic heterocycles. The van der Waals surface area contributed by atoms with E-state index in [1.807, 2.05) is 0 Å². The minimum absolute atomic E-state index is 0.0348. The maximum absolute atomic E-state index is 14.5. The molecular weight excluding hydrogens is 552 g/mol. The topological polar surface area (TPSA) is 73.9 Å². The number of fused-ring (bicyclic) bond motifs is 1. The van der Waals surface area contributed by atoms with Crippen LogP contribution in [0.15, 0.2) is 36.7 Å². The lowest BCUT2D eigenvalue weighted by Gasteiger charge is -2.31. The van der Waals surface area contributed by atoms with Crippen molar-refractivity contribution in [2.45, 2.75) is 43.9 Å². The van der Waals surface area contributed by atoms with Gasteiger partial charge in [0.15, 0.2) is 23.6 Å². The van der Waals surface area contributed by atoms with Crippen LogP contribution in [0.1, 0.15) is 42.8 Å². The number of benzene rings is 1. The summed E-state index contributed by atoms with van der Waals surface area (Å²) in [6.45, 7) is 0.527. The van der Waals surface area contributed by atoms with Crippen molar-refractivity contribution in [2.24, 2.45) is 7.05 Å². The lowest BCUT2D eigenvalue weighted by Crippen LogP contribution is -2.36. The molecule has 0 radical (unpaired) electrons. The summed E-state index contributed by atoms with van der Waals surface area (Å²) < 4.78 is 91.0. The lowest BCUT2D eigenvalue weighted by atomic mass is 10.0. The van der Waals surface area contributed by atoms with Crippen molar-refractivity contribution in [1.29, 1.82) is 0 Å². The van der Waals surface area contributed by atoms with Gasteiger partial charge in [0, 0.05) is 32.5 Å². The number of halogens is 7. The largest absolute Gasteiger partial charge is 0.434 e. The molecule has 8 nitrogen and oxygen atoms in total. The first-order chi connectivity index (χ1) is 18.3. The molecule has 0 aliphatic carbocycles. The van der Waals surface area contributed by atoms with Crippen LogP contribution in [0.4, 0.5) is 32.2 Å². The molecule has 15 heteroatoms. The van der Waals surface area contributed by atoms with Gasteiger partial charge in [0.2, 0.25) is 5.28 Å². The molecule has 3 aromatic heterocycles. The van der Waals surface area contributed by atoms with Crippen LogP contribution in [0.5, 0.6) is 0 Å². The van der Waals surface area contributed by atoms with Gasteiger partial charge in [-0.3, -0.25) is 0 Å². The number of hydrogen-bond donors (Lipinski definition) is 0. The number of hydrogen-bond acceptors (Lipinski definition) is 6. The Labute approximate surface area is 223 Å². The van der Waals surface area contributed by atoms with Crippen molar-refractivity contribution in [1.82, 2.24) is 29.3 Å². The summed E-state index contributed by atoms with van der Waals surface area (Å²) in [6.07, 6.45) is -5.16. The van der Waals surface area contributed by atoms with Crippen molar-refractivity contribution >= 4 is 28.5 Å². The molecule has 208 valence electrons. The van der Waals surface area contributed by atoms with Gasteiger partial charge >= 0.3 is 12.4 Å². The quantitative estimate of drug-likeness (QED) is 0.205. The van der Waals surface area contributed by atoms with Gasteiger partial charge in [-0.25, -0.2) is 9.67 Å². The molecule has 1 fully saturated rings. The van der Waals surface area contributed by atoms with Gasteiger partial charge in [-0.15, -0.1) is 0 Å². The first-order valence-corrected chi connectivity index (χ1v) is 12.2. The van der Waals surface area contributed by atoms with E-state index in [1.165, 1.54) is 53.8 Å². The molecule has 1 unspecified atom stereocenters. The molecular formula is C24H22ClF6N7O. The Hall–Kier alpha value is -3.39. The summed E-state index contributed by atoms with van der Waals surface area (Å²) in [5, 5.41) is 4.31. The Morgan fingerprint density at radius 1 is 1.05 bits per heavy atom. The van der Waals surface area contributed by atoms with Crippen molar-refractivity contribution in [2.75, 3.05) is 18.6 Å². The highest BCUT2D eigenvalue weighted by Crippen LogP contribution is 2.42. The number of alkyl halides is 6. The molecule has 0 saturated carbocycles. The number of imidazole rings is 1. The molecule has 5 rings (SSSR count). The van der Waals surface area contributed by atoms with E-state index in [0.29, 0.717) is 13.0 Å². The molecule has 4 aromatic rings. The van der Waals surface area contributed by atoms with Crippen LogP contribution < -0.4 is 4.90 Å². The number of aryl methyl sites for hydroxylation is 1. The highest BCUT2D eigenvalue weighted by atomic mass is 35.5. The summed E-state index contributed by atoms with van der Waals surface area (Å²) in [5.41, 5.74) is -0.789. The number of ether oxygens (including phenoxy) is 1. The number of anilines is 1. The zero-order valence-electron chi connectivity index (χ0n) is 20.6. The fourth-order valence-electron chi connectivity index (χ4n) is 4.72. The van der Waals surface area contributed by atoms with E-state index in [-0.39, 0.29) is 39.1 Å². The van der Waals surface area contributed by atoms with Gasteiger partial charge in [0.25, 0.3) is 0 Å². The zero-order valence-corrected chi connectivity index (χ0v) is 21.4. The van der Waals surface area contributed by atoms with Crippen molar-refractivity contribution < 1.29 is 31.1 Å². The van der Waals surface area contributed by atoms with Crippen LogP contribution in [0, 0.1) is 0 Å². The van der Waals surface area contributed by atoms with E-state index < -0.39 is 30.3 Å². The third-order valence-corrected chi connectivity index (χ3v) is 6.69. The second-order valence-electron chi connectivity index (χ2n) is 9.20.